The lowest BCUT2D eigenvalue weighted by Gasteiger charge is -2.01. The topological polar surface area (TPSA) is 37.3 Å². The van der Waals surface area contributed by atoms with Gasteiger partial charge in [0, 0.05) is 0 Å². The summed E-state index contributed by atoms with van der Waals surface area (Å²) in [6.07, 6.45) is 0.732. The Hall–Kier alpha value is -0.370. The van der Waals surface area contributed by atoms with Crippen LogP contribution in [0.2, 0.25) is 0 Å². The van der Waals surface area contributed by atoms with Crippen molar-refractivity contribution in [3.63, 3.8) is 0 Å². The molecule has 0 aliphatic rings. The van der Waals surface area contributed by atoms with Crippen LogP contribution in [0.3, 0.4) is 0 Å². The molecule has 0 unspecified atom stereocenters. The van der Waals surface area contributed by atoms with Crippen LogP contribution in [-0.2, 0) is 4.79 Å². The van der Waals surface area contributed by atoms with Crippen LogP contribution in [0.4, 0.5) is 0 Å². The fourth-order valence-electron chi connectivity index (χ4n) is 0.477. The van der Waals surface area contributed by atoms with E-state index in [0.29, 0.717) is 6.42 Å². The first-order valence-electron chi connectivity index (χ1n) is 2.87. The summed E-state index contributed by atoms with van der Waals surface area (Å²) in [4.78, 5) is 10.3. The van der Waals surface area contributed by atoms with Gasteiger partial charge in [0.1, 0.15) is 6.10 Å². The van der Waals surface area contributed by atoms with Crippen LogP contribution >= 0.6 is 0 Å². The molecule has 1 atom stereocenters. The summed E-state index contributed by atoms with van der Waals surface area (Å²) in [5.74, 6) is -0.133. The largest absolute Gasteiger partial charge is 0.385 e. The molecule has 0 saturated carbocycles. The molecule has 0 radical (unpaired) electrons. The van der Waals surface area contributed by atoms with Gasteiger partial charge in [0.25, 0.3) is 0 Å². The zero-order chi connectivity index (χ0) is 6.57. The summed E-state index contributed by atoms with van der Waals surface area (Å²) in [6, 6.07) is 0. The number of aliphatic hydroxyl groups is 1. The van der Waals surface area contributed by atoms with Gasteiger partial charge in [-0.1, -0.05) is 13.3 Å². The van der Waals surface area contributed by atoms with Crippen LogP contribution in [0.15, 0.2) is 0 Å². The van der Waals surface area contributed by atoms with E-state index in [9.17, 15) is 4.79 Å². The molecular weight excluding hydrogens is 104 g/mol. The fourth-order valence-corrected chi connectivity index (χ4v) is 0.477. The number of carbonyl (C=O) groups is 1. The summed E-state index contributed by atoms with van der Waals surface area (Å²) < 4.78 is 0. The van der Waals surface area contributed by atoms with E-state index < -0.39 is 6.10 Å². The lowest BCUT2D eigenvalue weighted by atomic mass is 10.1. The van der Waals surface area contributed by atoms with Crippen LogP contribution in [0.5, 0.6) is 0 Å². The molecule has 0 aromatic rings. The van der Waals surface area contributed by atoms with Gasteiger partial charge >= 0.3 is 0 Å². The van der Waals surface area contributed by atoms with Crippen LogP contribution < -0.4 is 0 Å². The van der Waals surface area contributed by atoms with Gasteiger partial charge in [0.05, 0.1) is 0 Å². The number of rotatable bonds is 3. The predicted molar refractivity (Wildman–Crippen MR) is 31.6 cm³/mol. The molecule has 0 amide bonds. The predicted octanol–water partition coefficient (Wildman–Crippen LogP) is 0.736. The molecule has 0 aromatic heterocycles. The quantitative estimate of drug-likeness (QED) is 0.590. The minimum absolute atomic E-state index is 0.133. The van der Waals surface area contributed by atoms with E-state index >= 15 is 0 Å². The summed E-state index contributed by atoms with van der Waals surface area (Å²) in [5.41, 5.74) is 0. The highest BCUT2D eigenvalue weighted by atomic mass is 16.3. The molecule has 8 heavy (non-hydrogen) atoms. The normalized spacial score (nSPS) is 13.4. The van der Waals surface area contributed by atoms with Crippen molar-refractivity contribution in [2.75, 3.05) is 0 Å². The van der Waals surface area contributed by atoms with Crippen LogP contribution in [0, 0.1) is 0 Å². The van der Waals surface area contributed by atoms with Crippen molar-refractivity contribution in [2.45, 2.75) is 32.8 Å². The molecule has 0 bridgehead atoms. The number of carbonyl (C=O) groups excluding carboxylic acids is 1. The van der Waals surface area contributed by atoms with Crippen molar-refractivity contribution >= 4 is 5.78 Å². The molecule has 0 rings (SSSR count). The van der Waals surface area contributed by atoms with Crippen LogP contribution in [-0.4, -0.2) is 17.0 Å². The maximum absolute atomic E-state index is 10.3. The van der Waals surface area contributed by atoms with Gasteiger partial charge in [0.2, 0.25) is 0 Å². The molecule has 0 saturated heterocycles. The molecule has 0 aliphatic heterocycles. The average Bonchev–Trinajstić information content (AvgIpc) is 1.67. The van der Waals surface area contributed by atoms with Crippen molar-refractivity contribution in [3.8, 4) is 0 Å². The fraction of sp³-hybridized carbons (Fsp3) is 0.833. The number of aliphatic hydroxyl groups excluding tert-OH is 1. The van der Waals surface area contributed by atoms with E-state index in [4.69, 9.17) is 5.11 Å². The number of ketones is 1. The van der Waals surface area contributed by atoms with Crippen molar-refractivity contribution in [2.24, 2.45) is 0 Å². The average molecular weight is 116 g/mol. The van der Waals surface area contributed by atoms with Crippen molar-refractivity contribution in [1.82, 2.24) is 0 Å². The van der Waals surface area contributed by atoms with Gasteiger partial charge in [0.15, 0.2) is 5.78 Å². The van der Waals surface area contributed by atoms with E-state index in [-0.39, 0.29) is 5.78 Å². The SMILES string of the molecule is CCC[C@H](O)C(C)=O. The molecule has 0 fully saturated rings. The third-order valence-corrected chi connectivity index (χ3v) is 1.03. The summed E-state index contributed by atoms with van der Waals surface area (Å²) in [7, 11) is 0. The number of hydrogen-bond acceptors (Lipinski definition) is 2. The second kappa shape index (κ2) is 3.61. The molecule has 0 heterocycles. The zero-order valence-corrected chi connectivity index (χ0v) is 5.35. The van der Waals surface area contributed by atoms with Gasteiger partial charge in [-0.25, -0.2) is 0 Å². The zero-order valence-electron chi connectivity index (χ0n) is 5.35. The third kappa shape index (κ3) is 2.75. The number of Topliss-reactive ketones (excluding diaryl/α,β-unsaturated/α-hetero) is 1. The smallest absolute Gasteiger partial charge is 0.158 e. The standard InChI is InChI=1S/C6H12O2/c1-3-4-6(8)5(2)7/h6,8H,3-4H2,1-2H3/t6-/m0/s1. The molecular formula is C6H12O2. The Morgan fingerprint density at radius 2 is 2.25 bits per heavy atom. The molecule has 1 N–H and O–H groups in total. The van der Waals surface area contributed by atoms with Crippen molar-refractivity contribution in [3.05, 3.63) is 0 Å². The first-order chi connectivity index (χ1) is 3.68. The highest BCUT2D eigenvalue weighted by Crippen LogP contribution is 1.95. The minimum Gasteiger partial charge on any atom is -0.385 e. The lowest BCUT2D eigenvalue weighted by molar-refractivity contribution is -0.125. The monoisotopic (exact) mass is 116 g/mol. The van der Waals surface area contributed by atoms with Gasteiger partial charge in [-0.2, -0.15) is 0 Å². The van der Waals surface area contributed by atoms with Gasteiger partial charge in [-0.05, 0) is 13.3 Å². The Bertz CT molecular complexity index is 78.6. The summed E-state index contributed by atoms with van der Waals surface area (Å²) in [6.45, 7) is 3.34. The van der Waals surface area contributed by atoms with E-state index in [1.165, 1.54) is 6.92 Å². The molecule has 0 spiro atoms. The molecule has 2 nitrogen and oxygen atoms in total. The van der Waals surface area contributed by atoms with E-state index in [2.05, 4.69) is 0 Å². The Balaban J connectivity index is 3.32. The Morgan fingerprint density at radius 1 is 1.75 bits per heavy atom. The van der Waals surface area contributed by atoms with Crippen molar-refractivity contribution in [1.29, 1.82) is 0 Å². The van der Waals surface area contributed by atoms with E-state index in [1.54, 1.807) is 0 Å². The molecule has 48 valence electrons. The Labute approximate surface area is 49.5 Å². The minimum atomic E-state index is -0.722. The Morgan fingerprint density at radius 3 is 2.38 bits per heavy atom. The first kappa shape index (κ1) is 7.63. The second-order valence-corrected chi connectivity index (χ2v) is 1.92. The highest BCUT2D eigenvalue weighted by molar-refractivity contribution is 5.79. The molecule has 0 aliphatic carbocycles. The van der Waals surface area contributed by atoms with Crippen LogP contribution in [0.1, 0.15) is 26.7 Å². The first-order valence-corrected chi connectivity index (χ1v) is 2.87. The highest BCUT2D eigenvalue weighted by Gasteiger charge is 2.05. The maximum atomic E-state index is 10.3. The third-order valence-electron chi connectivity index (χ3n) is 1.03. The summed E-state index contributed by atoms with van der Waals surface area (Å²) in [5, 5.41) is 8.78. The van der Waals surface area contributed by atoms with E-state index in [0.717, 1.165) is 6.42 Å². The molecule has 0 aromatic carbocycles. The van der Waals surface area contributed by atoms with Crippen LogP contribution in [0.25, 0.3) is 0 Å². The summed E-state index contributed by atoms with van der Waals surface area (Å²) >= 11 is 0. The van der Waals surface area contributed by atoms with E-state index in [1.807, 2.05) is 6.92 Å². The lowest BCUT2D eigenvalue weighted by Crippen LogP contribution is -2.15. The molecule has 2 heteroatoms. The van der Waals surface area contributed by atoms with Gasteiger partial charge in [-0.3, -0.25) is 4.79 Å². The maximum Gasteiger partial charge on any atom is 0.158 e. The van der Waals surface area contributed by atoms with Gasteiger partial charge in [-0.15, -0.1) is 0 Å². The second-order valence-electron chi connectivity index (χ2n) is 1.92. The van der Waals surface area contributed by atoms with Gasteiger partial charge < -0.3 is 5.11 Å². The Kier molecular flexibility index (Phi) is 3.44. The van der Waals surface area contributed by atoms with Crippen molar-refractivity contribution < 1.29 is 9.90 Å². The number of hydrogen-bond donors (Lipinski definition) is 1.